The van der Waals surface area contributed by atoms with Crippen LogP contribution in [0.5, 0.6) is 0 Å². The molecule has 0 unspecified atom stereocenters. The first kappa shape index (κ1) is 17.7. The van der Waals surface area contributed by atoms with Gasteiger partial charge in [0.1, 0.15) is 6.73 Å². The predicted molar refractivity (Wildman–Crippen MR) is 103 cm³/mol. The summed E-state index contributed by atoms with van der Waals surface area (Å²) in [7, 11) is 0. The smallest absolute Gasteiger partial charge is 0.334 e. The third-order valence-electron chi connectivity index (χ3n) is 4.89. The molecule has 27 heavy (non-hydrogen) atoms. The van der Waals surface area contributed by atoms with Crippen LogP contribution in [0.3, 0.4) is 0 Å². The van der Waals surface area contributed by atoms with E-state index in [2.05, 4.69) is 4.98 Å². The van der Waals surface area contributed by atoms with Crippen molar-refractivity contribution in [3.05, 3.63) is 63.1 Å². The number of nitrogens with zero attached hydrogens (tertiary/aromatic N) is 4. The molecule has 1 fully saturated rings. The second-order valence-electron chi connectivity index (χ2n) is 7.14. The molecule has 7 heteroatoms. The summed E-state index contributed by atoms with van der Waals surface area (Å²) in [5, 5.41) is 0. The summed E-state index contributed by atoms with van der Waals surface area (Å²) in [6, 6.07) is 9.91. The number of aromatic nitrogens is 4. The van der Waals surface area contributed by atoms with Crippen molar-refractivity contribution in [3.8, 4) is 0 Å². The average Bonchev–Trinajstić information content (AvgIpc) is 3.41. The number of hydrogen-bond donors (Lipinski definition) is 0. The summed E-state index contributed by atoms with van der Waals surface area (Å²) >= 11 is 0. The minimum absolute atomic E-state index is 0.0252. The number of imidazole rings is 1. The van der Waals surface area contributed by atoms with Crippen LogP contribution in [0.1, 0.15) is 31.7 Å². The number of ether oxygens (including phenoxy) is 1. The van der Waals surface area contributed by atoms with Crippen LogP contribution in [-0.2, 0) is 24.6 Å². The van der Waals surface area contributed by atoms with E-state index < -0.39 is 0 Å². The van der Waals surface area contributed by atoms with Crippen LogP contribution in [0.2, 0.25) is 0 Å². The van der Waals surface area contributed by atoms with E-state index in [0.29, 0.717) is 36.8 Å². The van der Waals surface area contributed by atoms with Crippen LogP contribution >= 0.6 is 0 Å². The van der Waals surface area contributed by atoms with Gasteiger partial charge < -0.3 is 9.30 Å². The van der Waals surface area contributed by atoms with E-state index in [9.17, 15) is 9.59 Å². The third-order valence-corrected chi connectivity index (χ3v) is 4.89. The van der Waals surface area contributed by atoms with E-state index in [-0.39, 0.29) is 18.0 Å². The summed E-state index contributed by atoms with van der Waals surface area (Å²) in [6.45, 7) is 3.61. The van der Waals surface area contributed by atoms with Crippen LogP contribution in [-0.4, -0.2) is 25.3 Å². The molecule has 0 atom stereocenters. The van der Waals surface area contributed by atoms with E-state index in [1.165, 1.54) is 4.57 Å². The second-order valence-corrected chi connectivity index (χ2v) is 7.14. The van der Waals surface area contributed by atoms with Crippen molar-refractivity contribution in [3.63, 3.8) is 0 Å². The van der Waals surface area contributed by atoms with Crippen molar-refractivity contribution in [1.29, 1.82) is 0 Å². The lowest BCUT2D eigenvalue weighted by Gasteiger charge is -2.12. The fourth-order valence-corrected chi connectivity index (χ4v) is 3.28. The summed E-state index contributed by atoms with van der Waals surface area (Å²) in [4.78, 5) is 30.4. The molecule has 7 nitrogen and oxygen atoms in total. The Morgan fingerprint density at radius 3 is 2.63 bits per heavy atom. The van der Waals surface area contributed by atoms with Crippen molar-refractivity contribution in [1.82, 2.24) is 18.7 Å². The maximum absolute atomic E-state index is 13.1. The van der Waals surface area contributed by atoms with E-state index in [1.54, 1.807) is 10.9 Å². The Balaban J connectivity index is 1.82. The summed E-state index contributed by atoms with van der Waals surface area (Å²) in [5.74, 6) is 0.493. The molecule has 1 saturated carbocycles. The van der Waals surface area contributed by atoms with E-state index in [4.69, 9.17) is 4.74 Å². The van der Waals surface area contributed by atoms with Gasteiger partial charge in [-0.3, -0.25) is 9.36 Å². The monoisotopic (exact) mass is 368 g/mol. The topological polar surface area (TPSA) is 71.1 Å². The number of hydrogen-bond acceptors (Lipinski definition) is 4. The van der Waals surface area contributed by atoms with E-state index >= 15 is 0 Å². The molecule has 0 spiro atoms. The Morgan fingerprint density at radius 2 is 1.93 bits per heavy atom. The molecule has 3 aromatic rings. The number of benzene rings is 1. The number of fused-ring (bicyclic) bond motifs is 1. The normalized spacial score (nSPS) is 14.1. The highest BCUT2D eigenvalue weighted by molar-refractivity contribution is 5.70. The zero-order valence-corrected chi connectivity index (χ0v) is 15.5. The molecular weight excluding hydrogens is 344 g/mol. The summed E-state index contributed by atoms with van der Waals surface area (Å²) < 4.78 is 10.2. The van der Waals surface area contributed by atoms with E-state index in [1.807, 2.05) is 41.8 Å². The van der Waals surface area contributed by atoms with Crippen LogP contribution in [0.25, 0.3) is 11.2 Å². The largest absolute Gasteiger partial charge is 0.360 e. The quantitative estimate of drug-likeness (QED) is 0.572. The molecule has 2 heterocycles. The maximum atomic E-state index is 13.1. The number of rotatable bonds is 8. The molecular formula is C20H24N4O3. The van der Waals surface area contributed by atoms with Gasteiger partial charge in [0.25, 0.3) is 5.56 Å². The average molecular weight is 368 g/mol. The molecule has 2 aromatic heterocycles. The van der Waals surface area contributed by atoms with Crippen molar-refractivity contribution in [2.45, 2.75) is 46.0 Å². The molecule has 0 bridgehead atoms. The molecule has 0 saturated heterocycles. The SMILES string of the molecule is CCCOCn1c(=O)c2c(ncn2Cc2ccccc2)n(CC2CC2)c1=O. The van der Waals surface area contributed by atoms with Crippen molar-refractivity contribution >= 4 is 11.2 Å². The molecule has 0 amide bonds. The van der Waals surface area contributed by atoms with Gasteiger partial charge in [-0.2, -0.15) is 0 Å². The zero-order valence-electron chi connectivity index (χ0n) is 15.5. The molecule has 1 aliphatic carbocycles. The fraction of sp³-hybridized carbons (Fsp3) is 0.450. The first-order chi connectivity index (χ1) is 13.2. The summed E-state index contributed by atoms with van der Waals surface area (Å²) in [6.07, 6.45) is 4.71. The first-order valence-corrected chi connectivity index (χ1v) is 9.49. The minimum Gasteiger partial charge on any atom is -0.360 e. The highest BCUT2D eigenvalue weighted by Crippen LogP contribution is 2.30. The lowest BCUT2D eigenvalue weighted by atomic mass is 10.2. The van der Waals surface area contributed by atoms with Gasteiger partial charge in [-0.25, -0.2) is 14.3 Å². The molecule has 4 rings (SSSR count). The van der Waals surface area contributed by atoms with Crippen molar-refractivity contribution in [2.75, 3.05) is 6.61 Å². The Bertz CT molecular complexity index is 1040. The maximum Gasteiger partial charge on any atom is 0.334 e. The molecule has 142 valence electrons. The predicted octanol–water partition coefficient (Wildman–Crippen LogP) is 2.20. The fourth-order valence-electron chi connectivity index (χ4n) is 3.28. The van der Waals surface area contributed by atoms with Gasteiger partial charge in [0.2, 0.25) is 0 Å². The molecule has 0 N–H and O–H groups in total. The van der Waals surface area contributed by atoms with E-state index in [0.717, 1.165) is 24.8 Å². The molecule has 0 aliphatic heterocycles. The molecule has 1 aromatic carbocycles. The summed E-state index contributed by atoms with van der Waals surface area (Å²) in [5.41, 5.74) is 1.33. The van der Waals surface area contributed by atoms with Gasteiger partial charge in [-0.15, -0.1) is 0 Å². The standard InChI is InChI=1S/C20H24N4O3/c1-2-10-27-14-24-19(25)17-18(23(20(24)26)12-16-8-9-16)21-13-22(17)11-15-6-4-3-5-7-15/h3-7,13,16H,2,8-12,14H2,1H3. The van der Waals surface area contributed by atoms with Crippen LogP contribution in [0.15, 0.2) is 46.2 Å². The van der Waals surface area contributed by atoms with Crippen LogP contribution in [0.4, 0.5) is 0 Å². The van der Waals surface area contributed by atoms with Gasteiger partial charge in [-0.05, 0) is 30.7 Å². The van der Waals surface area contributed by atoms with Crippen LogP contribution < -0.4 is 11.2 Å². The third kappa shape index (κ3) is 3.60. The van der Waals surface area contributed by atoms with Gasteiger partial charge in [0.15, 0.2) is 11.2 Å². The first-order valence-electron chi connectivity index (χ1n) is 9.49. The molecule has 1 aliphatic rings. The van der Waals surface area contributed by atoms with Gasteiger partial charge in [-0.1, -0.05) is 37.3 Å². The lowest BCUT2D eigenvalue weighted by molar-refractivity contribution is 0.0715. The van der Waals surface area contributed by atoms with Crippen molar-refractivity contribution in [2.24, 2.45) is 5.92 Å². The van der Waals surface area contributed by atoms with Gasteiger partial charge in [0.05, 0.1) is 6.33 Å². The van der Waals surface area contributed by atoms with Crippen LogP contribution in [0, 0.1) is 5.92 Å². The van der Waals surface area contributed by atoms with Gasteiger partial charge in [0, 0.05) is 19.7 Å². The Hall–Kier alpha value is -2.67. The highest BCUT2D eigenvalue weighted by atomic mass is 16.5. The Labute approximate surface area is 156 Å². The Kier molecular flexibility index (Phi) is 4.94. The molecule has 0 radical (unpaired) electrons. The van der Waals surface area contributed by atoms with Gasteiger partial charge >= 0.3 is 5.69 Å². The Morgan fingerprint density at radius 1 is 1.15 bits per heavy atom. The zero-order chi connectivity index (χ0) is 18.8. The minimum atomic E-state index is -0.341. The lowest BCUT2D eigenvalue weighted by Crippen LogP contribution is -2.41. The van der Waals surface area contributed by atoms with Crippen molar-refractivity contribution < 1.29 is 4.74 Å². The highest BCUT2D eigenvalue weighted by Gasteiger charge is 2.26. The second kappa shape index (κ2) is 7.52.